The van der Waals surface area contributed by atoms with Gasteiger partial charge in [0.05, 0.1) is 32.0 Å². The third kappa shape index (κ3) is 4.36. The molecule has 0 aromatic heterocycles. The van der Waals surface area contributed by atoms with E-state index in [9.17, 15) is 14.7 Å². The first-order valence-corrected chi connectivity index (χ1v) is 14.6. The van der Waals surface area contributed by atoms with Crippen molar-refractivity contribution in [1.29, 1.82) is 0 Å². The van der Waals surface area contributed by atoms with Crippen LogP contribution >= 0.6 is 0 Å². The second kappa shape index (κ2) is 10.7. The van der Waals surface area contributed by atoms with Gasteiger partial charge in [-0.1, -0.05) is 63.2 Å². The number of hydrogen-bond donors (Lipinski definition) is 1. The second-order valence-electron chi connectivity index (χ2n) is 12.0. The molecule has 3 aromatic carbocycles. The summed E-state index contributed by atoms with van der Waals surface area (Å²) < 4.78 is 17.4. The highest BCUT2D eigenvalue weighted by molar-refractivity contribution is 6.07. The van der Waals surface area contributed by atoms with Gasteiger partial charge in [0.1, 0.15) is 12.4 Å². The smallest absolute Gasteiger partial charge is 0.414 e. The summed E-state index contributed by atoms with van der Waals surface area (Å²) in [4.78, 5) is 30.3. The molecule has 3 heterocycles. The maximum Gasteiger partial charge on any atom is 0.414 e. The molecule has 2 fully saturated rings. The molecule has 0 aliphatic carbocycles. The quantitative estimate of drug-likeness (QED) is 0.390. The number of para-hydroxylation sites is 1. The number of fused-ring (bicyclic) bond motifs is 2. The number of nitrogens with zero attached hydrogens (tertiary/aromatic N) is 2. The van der Waals surface area contributed by atoms with Crippen molar-refractivity contribution >= 4 is 23.4 Å². The molecule has 2 saturated heterocycles. The largest absolute Gasteiger partial charge is 0.497 e. The van der Waals surface area contributed by atoms with Gasteiger partial charge in [0.2, 0.25) is 0 Å². The van der Waals surface area contributed by atoms with Crippen LogP contribution in [-0.2, 0) is 31.8 Å². The second-order valence-corrected chi connectivity index (χ2v) is 12.0. The van der Waals surface area contributed by atoms with Crippen LogP contribution in [0.25, 0.3) is 0 Å². The summed E-state index contributed by atoms with van der Waals surface area (Å²) in [6.45, 7) is 7.67. The normalized spacial score (nSPS) is 25.3. The van der Waals surface area contributed by atoms with E-state index in [1.807, 2.05) is 65.6 Å². The number of aliphatic hydroxyl groups is 1. The lowest BCUT2D eigenvalue weighted by molar-refractivity contribution is -0.146. The fourth-order valence-corrected chi connectivity index (χ4v) is 7.46. The molecular formula is C34H38N2O6. The van der Waals surface area contributed by atoms with Crippen LogP contribution in [-0.4, -0.2) is 50.1 Å². The molecular weight excluding hydrogens is 532 g/mol. The van der Waals surface area contributed by atoms with Gasteiger partial charge in [-0.25, -0.2) is 4.79 Å². The van der Waals surface area contributed by atoms with Crippen molar-refractivity contribution in [3.05, 3.63) is 89.5 Å². The fraction of sp³-hybridized carbons (Fsp3) is 0.412. The Morgan fingerprint density at radius 3 is 2.50 bits per heavy atom. The van der Waals surface area contributed by atoms with Gasteiger partial charge in [0.25, 0.3) is 5.91 Å². The number of cyclic esters (lactones) is 1. The van der Waals surface area contributed by atoms with E-state index in [0.29, 0.717) is 26.1 Å². The molecule has 0 unspecified atom stereocenters. The van der Waals surface area contributed by atoms with Crippen molar-refractivity contribution in [3.63, 3.8) is 0 Å². The Hall–Kier alpha value is -3.88. The topological polar surface area (TPSA) is 88.5 Å². The summed E-state index contributed by atoms with van der Waals surface area (Å²) >= 11 is 0. The summed E-state index contributed by atoms with van der Waals surface area (Å²) in [5.74, 6) is 0.447. The summed E-state index contributed by atoms with van der Waals surface area (Å²) in [5, 5.41) is 10.1. The number of carbonyl (C=O) groups is 2. The lowest BCUT2D eigenvalue weighted by Crippen LogP contribution is -2.45. The van der Waals surface area contributed by atoms with Gasteiger partial charge in [-0.2, -0.15) is 0 Å². The molecule has 1 N–H and O–H groups in total. The number of benzene rings is 3. The van der Waals surface area contributed by atoms with E-state index in [0.717, 1.165) is 33.8 Å². The van der Waals surface area contributed by atoms with Crippen molar-refractivity contribution < 1.29 is 28.9 Å². The maximum atomic E-state index is 14.7. The van der Waals surface area contributed by atoms with Crippen molar-refractivity contribution in [1.82, 2.24) is 0 Å². The predicted octanol–water partition coefficient (Wildman–Crippen LogP) is 5.41. The first kappa shape index (κ1) is 28.2. The summed E-state index contributed by atoms with van der Waals surface area (Å²) in [7, 11) is 1.65. The minimum Gasteiger partial charge on any atom is -0.497 e. The van der Waals surface area contributed by atoms with Crippen molar-refractivity contribution in [3.8, 4) is 5.75 Å². The first-order valence-electron chi connectivity index (χ1n) is 14.6. The Morgan fingerprint density at radius 1 is 1.05 bits per heavy atom. The van der Waals surface area contributed by atoms with Crippen LogP contribution in [0.5, 0.6) is 5.75 Å². The molecule has 0 radical (unpaired) electrons. The van der Waals surface area contributed by atoms with Crippen LogP contribution < -0.4 is 14.5 Å². The molecule has 0 saturated carbocycles. The van der Waals surface area contributed by atoms with E-state index in [2.05, 4.69) is 32.9 Å². The zero-order chi connectivity index (χ0) is 29.6. The lowest BCUT2D eigenvalue weighted by Gasteiger charge is -2.38. The van der Waals surface area contributed by atoms with Gasteiger partial charge in [-0.15, -0.1) is 0 Å². The summed E-state index contributed by atoms with van der Waals surface area (Å²) in [5.41, 5.74) is 2.91. The van der Waals surface area contributed by atoms with Crippen molar-refractivity contribution in [2.45, 2.75) is 50.9 Å². The third-order valence-corrected chi connectivity index (χ3v) is 9.48. The number of hydrogen-bond acceptors (Lipinski definition) is 6. The molecule has 220 valence electrons. The van der Waals surface area contributed by atoms with E-state index >= 15 is 0 Å². The van der Waals surface area contributed by atoms with Crippen LogP contribution in [0.3, 0.4) is 0 Å². The van der Waals surface area contributed by atoms with Crippen LogP contribution in [0.15, 0.2) is 72.8 Å². The molecule has 4 atom stereocenters. The monoisotopic (exact) mass is 570 g/mol. The molecule has 6 rings (SSSR count). The van der Waals surface area contributed by atoms with Gasteiger partial charge in [0, 0.05) is 29.7 Å². The highest BCUT2D eigenvalue weighted by Crippen LogP contribution is 2.59. The van der Waals surface area contributed by atoms with Crippen LogP contribution in [0.2, 0.25) is 0 Å². The lowest BCUT2D eigenvalue weighted by atomic mass is 9.63. The highest BCUT2D eigenvalue weighted by Gasteiger charge is 2.65. The highest BCUT2D eigenvalue weighted by atomic mass is 16.6. The molecule has 8 heteroatoms. The van der Waals surface area contributed by atoms with E-state index in [1.165, 1.54) is 0 Å². The molecule has 0 bridgehead atoms. The van der Waals surface area contributed by atoms with Crippen molar-refractivity contribution in [2.75, 3.05) is 36.7 Å². The molecule has 1 spiro atoms. The number of rotatable bonds is 8. The zero-order valence-electron chi connectivity index (χ0n) is 24.6. The number of carbonyl (C=O) groups excluding carboxylic acids is 2. The number of methoxy groups -OCH3 is 1. The SMILES string of the molecule is COc1ccc(C(C)(C)[C@@H]2[C@@H](CCO)O[C@]3(C(=O)N(Cc4cccc(N5CCOC5=O)c4)c4ccccc43)[C@H]2C)cc1. The molecule has 2 amide bonds. The van der Waals surface area contributed by atoms with Crippen molar-refractivity contribution in [2.24, 2.45) is 11.8 Å². The Bertz CT molecular complexity index is 1490. The van der Waals surface area contributed by atoms with Crippen LogP contribution in [0, 0.1) is 11.8 Å². The standard InChI is InChI=1S/C34H38N2O6/c1-22-30(33(2,3)24-12-14-26(40-4)15-13-24)29(16-18-37)42-34(22)27-10-5-6-11-28(27)36(31(34)38)21-23-8-7-9-25(20-23)35-17-19-41-32(35)39/h5-15,20,22,29-30,37H,16-19,21H2,1-4H3/t22-,29+,30-,34+/m0/s1. The van der Waals surface area contributed by atoms with Gasteiger partial charge in [0.15, 0.2) is 5.60 Å². The average Bonchev–Trinajstić information content (AvgIpc) is 3.63. The fourth-order valence-electron chi connectivity index (χ4n) is 7.46. The minimum atomic E-state index is -1.18. The first-order chi connectivity index (χ1) is 20.2. The molecule has 42 heavy (non-hydrogen) atoms. The van der Waals surface area contributed by atoms with E-state index in [1.54, 1.807) is 12.0 Å². The Kier molecular flexibility index (Phi) is 7.23. The summed E-state index contributed by atoms with van der Waals surface area (Å²) in [6.07, 6.45) is -0.259. The number of amides is 2. The third-order valence-electron chi connectivity index (χ3n) is 9.48. The number of ether oxygens (including phenoxy) is 3. The molecule has 8 nitrogen and oxygen atoms in total. The zero-order valence-corrected chi connectivity index (χ0v) is 24.6. The van der Waals surface area contributed by atoms with Gasteiger partial charge >= 0.3 is 6.09 Å². The Morgan fingerprint density at radius 2 is 1.81 bits per heavy atom. The maximum absolute atomic E-state index is 14.7. The van der Waals surface area contributed by atoms with Gasteiger partial charge in [-0.3, -0.25) is 9.69 Å². The van der Waals surface area contributed by atoms with Gasteiger partial charge in [-0.05, 0) is 53.3 Å². The summed E-state index contributed by atoms with van der Waals surface area (Å²) in [6, 6.07) is 23.6. The van der Waals surface area contributed by atoms with Crippen LogP contribution in [0.1, 0.15) is 43.9 Å². The minimum absolute atomic E-state index is 0.0338. The van der Waals surface area contributed by atoms with E-state index < -0.39 is 5.60 Å². The Balaban J connectivity index is 1.37. The average molecular weight is 571 g/mol. The van der Waals surface area contributed by atoms with E-state index in [-0.39, 0.29) is 42.0 Å². The Labute approximate surface area is 246 Å². The number of anilines is 2. The molecule has 3 aliphatic rings. The van der Waals surface area contributed by atoms with E-state index in [4.69, 9.17) is 14.2 Å². The van der Waals surface area contributed by atoms with Gasteiger partial charge < -0.3 is 24.2 Å². The van der Waals surface area contributed by atoms with Crippen LogP contribution in [0.4, 0.5) is 16.2 Å². The molecule has 3 aromatic rings. The molecule has 3 aliphatic heterocycles. The number of aliphatic hydroxyl groups excluding tert-OH is 1. The predicted molar refractivity (Wildman–Crippen MR) is 160 cm³/mol.